The van der Waals surface area contributed by atoms with Gasteiger partial charge in [0.2, 0.25) is 0 Å². The third kappa shape index (κ3) is 3.86. The molecule has 3 N–H and O–H groups in total. The van der Waals surface area contributed by atoms with E-state index in [1.165, 1.54) is 12.1 Å². The number of nitrogens with zero attached hydrogens (tertiary/aromatic N) is 1. The summed E-state index contributed by atoms with van der Waals surface area (Å²) in [6.45, 7) is -0.455. The van der Waals surface area contributed by atoms with E-state index >= 15 is 0 Å². The molecular weight excluding hydrogens is 311 g/mol. The normalized spacial score (nSPS) is 30.4. The Labute approximate surface area is 122 Å². The second-order valence-electron chi connectivity index (χ2n) is 4.55. The Kier molecular flexibility index (Phi) is 5.10. The van der Waals surface area contributed by atoms with Crippen LogP contribution in [0, 0.1) is 0 Å². The lowest BCUT2D eigenvalue weighted by molar-refractivity contribution is -0.143. The van der Waals surface area contributed by atoms with Gasteiger partial charge in [0.05, 0.1) is 29.6 Å². The zero-order chi connectivity index (χ0) is 15.6. The summed E-state index contributed by atoms with van der Waals surface area (Å²) in [6.07, 6.45) is -7.96. The largest absolute Gasteiger partial charge is 0.433 e. The molecule has 21 heavy (non-hydrogen) atoms. The minimum absolute atomic E-state index is 0.00789. The summed E-state index contributed by atoms with van der Waals surface area (Å²) in [4.78, 5) is 3.48. The molecule has 1 aliphatic rings. The Bertz CT molecular complexity index is 488. The number of aromatic nitrogens is 1. The molecule has 0 saturated carbocycles. The lowest BCUT2D eigenvalue weighted by Gasteiger charge is -2.36. The standard InChI is InChI=1S/C12H14F3NO4S/c13-12(14,15)8-2-1-3-9(16-8)21-7-5-20-6(4-17)10(18)11(7)19/h1-3,6-7,10-11,17-19H,4-5H2/t6-,7+,10+,11-/m1/s1. The highest BCUT2D eigenvalue weighted by atomic mass is 32.2. The van der Waals surface area contributed by atoms with Crippen LogP contribution < -0.4 is 0 Å². The Balaban J connectivity index is 2.08. The summed E-state index contributed by atoms with van der Waals surface area (Å²) < 4.78 is 42.9. The van der Waals surface area contributed by atoms with Crippen LogP contribution in [0.2, 0.25) is 0 Å². The van der Waals surface area contributed by atoms with Gasteiger partial charge in [0, 0.05) is 0 Å². The smallest absolute Gasteiger partial charge is 0.394 e. The highest BCUT2D eigenvalue weighted by Gasteiger charge is 2.39. The number of aliphatic hydroxyl groups is 3. The van der Waals surface area contributed by atoms with Gasteiger partial charge in [-0.15, -0.1) is 0 Å². The van der Waals surface area contributed by atoms with Crippen LogP contribution in [0.15, 0.2) is 23.2 Å². The first-order valence-corrected chi connectivity index (χ1v) is 7.00. The SMILES string of the molecule is OC[C@H]1OC[C@H](Sc2cccc(C(F)(F)F)n2)[C@@H](O)[C@H]1O. The minimum Gasteiger partial charge on any atom is -0.394 e. The molecule has 0 aliphatic carbocycles. The van der Waals surface area contributed by atoms with Crippen molar-refractivity contribution >= 4 is 11.8 Å². The maximum absolute atomic E-state index is 12.6. The van der Waals surface area contributed by atoms with E-state index in [9.17, 15) is 23.4 Å². The lowest BCUT2D eigenvalue weighted by Crippen LogP contribution is -2.52. The fourth-order valence-electron chi connectivity index (χ4n) is 1.91. The Morgan fingerprint density at radius 1 is 1.29 bits per heavy atom. The van der Waals surface area contributed by atoms with Gasteiger partial charge < -0.3 is 20.1 Å². The van der Waals surface area contributed by atoms with Crippen LogP contribution in [0.4, 0.5) is 13.2 Å². The quantitative estimate of drug-likeness (QED) is 0.758. The van der Waals surface area contributed by atoms with Crippen molar-refractivity contribution in [2.45, 2.75) is 34.8 Å². The third-order valence-corrected chi connectivity index (χ3v) is 4.24. The fraction of sp³-hybridized carbons (Fsp3) is 0.583. The highest BCUT2D eigenvalue weighted by molar-refractivity contribution is 8.00. The fourth-order valence-corrected chi connectivity index (χ4v) is 2.98. The molecule has 2 rings (SSSR count). The first-order valence-electron chi connectivity index (χ1n) is 6.12. The average molecular weight is 325 g/mol. The second kappa shape index (κ2) is 6.49. The van der Waals surface area contributed by atoms with Crippen molar-refractivity contribution in [3.8, 4) is 0 Å². The van der Waals surface area contributed by atoms with Gasteiger partial charge in [-0.2, -0.15) is 13.2 Å². The van der Waals surface area contributed by atoms with Crippen molar-refractivity contribution in [1.82, 2.24) is 4.98 Å². The second-order valence-corrected chi connectivity index (χ2v) is 5.81. The first kappa shape index (κ1) is 16.5. The van der Waals surface area contributed by atoms with E-state index in [1.807, 2.05) is 0 Å². The number of thioether (sulfide) groups is 1. The van der Waals surface area contributed by atoms with Crippen LogP contribution in [0.1, 0.15) is 5.69 Å². The van der Waals surface area contributed by atoms with Gasteiger partial charge in [-0.25, -0.2) is 4.98 Å². The van der Waals surface area contributed by atoms with Crippen molar-refractivity contribution in [2.24, 2.45) is 0 Å². The van der Waals surface area contributed by atoms with E-state index in [0.29, 0.717) is 0 Å². The third-order valence-electron chi connectivity index (χ3n) is 3.05. The predicted octanol–water partition coefficient (Wildman–Crippen LogP) is 0.674. The summed E-state index contributed by atoms with van der Waals surface area (Å²) in [5, 5.41) is 28.0. The van der Waals surface area contributed by atoms with Gasteiger partial charge in [0.1, 0.15) is 17.9 Å². The minimum atomic E-state index is -4.54. The number of halogens is 3. The van der Waals surface area contributed by atoms with Gasteiger partial charge in [0.15, 0.2) is 0 Å². The molecule has 9 heteroatoms. The number of hydrogen-bond acceptors (Lipinski definition) is 6. The first-order chi connectivity index (χ1) is 9.82. The molecule has 0 spiro atoms. The molecule has 1 aromatic heterocycles. The molecule has 0 amide bonds. The van der Waals surface area contributed by atoms with Crippen molar-refractivity contribution < 1.29 is 33.2 Å². The lowest BCUT2D eigenvalue weighted by atomic mass is 10.0. The van der Waals surface area contributed by atoms with Gasteiger partial charge in [-0.05, 0) is 12.1 Å². The van der Waals surface area contributed by atoms with Gasteiger partial charge in [-0.3, -0.25) is 0 Å². The van der Waals surface area contributed by atoms with Crippen LogP contribution >= 0.6 is 11.8 Å². The molecule has 2 heterocycles. The zero-order valence-electron chi connectivity index (χ0n) is 10.7. The van der Waals surface area contributed by atoms with Crippen molar-refractivity contribution in [3.05, 3.63) is 23.9 Å². The van der Waals surface area contributed by atoms with Crippen LogP contribution in [-0.4, -0.2) is 57.1 Å². The molecule has 0 radical (unpaired) electrons. The van der Waals surface area contributed by atoms with Gasteiger partial charge in [0.25, 0.3) is 0 Å². The molecule has 4 atom stereocenters. The van der Waals surface area contributed by atoms with E-state index in [4.69, 9.17) is 9.84 Å². The summed E-state index contributed by atoms with van der Waals surface area (Å²) in [5.41, 5.74) is -1.02. The van der Waals surface area contributed by atoms with Crippen molar-refractivity contribution in [2.75, 3.05) is 13.2 Å². The highest BCUT2D eigenvalue weighted by Crippen LogP contribution is 2.33. The number of pyridine rings is 1. The van der Waals surface area contributed by atoms with Crippen LogP contribution in [0.25, 0.3) is 0 Å². The van der Waals surface area contributed by atoms with E-state index < -0.39 is 42.0 Å². The molecule has 1 aliphatic heterocycles. The van der Waals surface area contributed by atoms with E-state index in [1.54, 1.807) is 0 Å². The number of alkyl halides is 3. The van der Waals surface area contributed by atoms with Crippen molar-refractivity contribution in [3.63, 3.8) is 0 Å². The van der Waals surface area contributed by atoms with Crippen LogP contribution in [-0.2, 0) is 10.9 Å². The number of aliphatic hydroxyl groups excluding tert-OH is 3. The molecule has 1 saturated heterocycles. The zero-order valence-corrected chi connectivity index (χ0v) is 11.5. The Morgan fingerprint density at radius 3 is 2.62 bits per heavy atom. The van der Waals surface area contributed by atoms with E-state index in [2.05, 4.69) is 4.98 Å². The Morgan fingerprint density at radius 2 is 2.00 bits per heavy atom. The topological polar surface area (TPSA) is 82.8 Å². The van der Waals surface area contributed by atoms with Gasteiger partial charge in [-0.1, -0.05) is 17.8 Å². The summed E-state index contributed by atoms with van der Waals surface area (Å²) >= 11 is 0.891. The Hall–Kier alpha value is -0.870. The molecule has 0 unspecified atom stereocenters. The van der Waals surface area contributed by atoms with Gasteiger partial charge >= 0.3 is 6.18 Å². The molecule has 118 valence electrons. The number of rotatable bonds is 3. The summed E-state index contributed by atoms with van der Waals surface area (Å²) in [7, 11) is 0. The molecule has 5 nitrogen and oxygen atoms in total. The summed E-state index contributed by atoms with van der Waals surface area (Å²) in [5.74, 6) is 0. The molecule has 0 aromatic carbocycles. The molecule has 1 fully saturated rings. The van der Waals surface area contributed by atoms with Crippen LogP contribution in [0.3, 0.4) is 0 Å². The van der Waals surface area contributed by atoms with Crippen molar-refractivity contribution in [1.29, 1.82) is 0 Å². The summed E-state index contributed by atoms with van der Waals surface area (Å²) in [6, 6.07) is 3.47. The maximum Gasteiger partial charge on any atom is 0.433 e. The molecular formula is C12H14F3NO4S. The monoisotopic (exact) mass is 325 g/mol. The van der Waals surface area contributed by atoms with Crippen LogP contribution in [0.5, 0.6) is 0 Å². The number of hydrogen-bond donors (Lipinski definition) is 3. The van der Waals surface area contributed by atoms with E-state index in [-0.39, 0.29) is 11.6 Å². The van der Waals surface area contributed by atoms with E-state index in [0.717, 1.165) is 17.8 Å². The average Bonchev–Trinajstić information content (AvgIpc) is 2.44. The molecule has 1 aromatic rings. The molecule has 0 bridgehead atoms. The number of ether oxygens (including phenoxy) is 1. The predicted molar refractivity (Wildman–Crippen MR) is 67.7 cm³/mol. The maximum atomic E-state index is 12.6.